The highest BCUT2D eigenvalue weighted by Gasteiger charge is 2.24. The normalized spacial score (nSPS) is 11.3. The zero-order chi connectivity index (χ0) is 19.6. The number of imidazole rings is 1. The van der Waals surface area contributed by atoms with E-state index in [-0.39, 0.29) is 17.4 Å². The smallest absolute Gasteiger partial charge is 0.292 e. The van der Waals surface area contributed by atoms with Crippen LogP contribution in [0.25, 0.3) is 5.52 Å². The molecule has 7 nitrogen and oxygen atoms in total. The minimum atomic E-state index is -0.409. The lowest BCUT2D eigenvalue weighted by atomic mass is 10.1. The van der Waals surface area contributed by atoms with Crippen LogP contribution in [0.15, 0.2) is 48.7 Å². The van der Waals surface area contributed by atoms with E-state index in [9.17, 15) is 9.59 Å². The predicted octanol–water partition coefficient (Wildman–Crippen LogP) is 3.12. The predicted molar refractivity (Wildman–Crippen MR) is 103 cm³/mol. The van der Waals surface area contributed by atoms with Crippen LogP contribution < -0.4 is 15.4 Å². The Morgan fingerprint density at radius 3 is 2.37 bits per heavy atom. The summed E-state index contributed by atoms with van der Waals surface area (Å²) in [6.07, 6.45) is 1.71. The van der Waals surface area contributed by atoms with Gasteiger partial charge in [-0.1, -0.05) is 6.07 Å². The number of nitrogens with one attached hydrogen (secondary N) is 2. The molecule has 140 valence electrons. The maximum Gasteiger partial charge on any atom is 0.292 e. The highest BCUT2D eigenvalue weighted by molar-refractivity contribution is 6.06. The van der Waals surface area contributed by atoms with E-state index in [4.69, 9.17) is 4.74 Å². The first-order valence-corrected chi connectivity index (χ1v) is 8.53. The van der Waals surface area contributed by atoms with Gasteiger partial charge in [0.05, 0.1) is 12.6 Å². The van der Waals surface area contributed by atoms with Crippen molar-refractivity contribution in [1.82, 2.24) is 14.7 Å². The average molecular weight is 366 g/mol. The summed E-state index contributed by atoms with van der Waals surface area (Å²) in [5.74, 6) is 0.103. The Hall–Kier alpha value is -3.35. The van der Waals surface area contributed by atoms with E-state index in [0.29, 0.717) is 17.0 Å². The van der Waals surface area contributed by atoms with Crippen LogP contribution in [0.4, 0.5) is 5.69 Å². The zero-order valence-electron chi connectivity index (χ0n) is 15.7. The van der Waals surface area contributed by atoms with Gasteiger partial charge in [-0.05, 0) is 57.2 Å². The van der Waals surface area contributed by atoms with Crippen LogP contribution >= 0.6 is 0 Å². The van der Waals surface area contributed by atoms with Crippen LogP contribution in [0, 0.1) is 0 Å². The number of hydrogen-bond acceptors (Lipinski definition) is 4. The molecule has 3 aromatic rings. The third kappa shape index (κ3) is 4.08. The van der Waals surface area contributed by atoms with Gasteiger partial charge in [-0.2, -0.15) is 0 Å². The van der Waals surface area contributed by atoms with Crippen molar-refractivity contribution in [3.8, 4) is 5.75 Å². The van der Waals surface area contributed by atoms with Gasteiger partial charge in [-0.15, -0.1) is 0 Å². The number of carbonyl (C=O) groups excluding carboxylic acids is 2. The highest BCUT2D eigenvalue weighted by atomic mass is 16.5. The molecule has 2 aromatic heterocycles. The molecule has 2 heterocycles. The summed E-state index contributed by atoms with van der Waals surface area (Å²) in [5, 5.41) is 5.67. The minimum Gasteiger partial charge on any atom is -0.497 e. The largest absolute Gasteiger partial charge is 0.497 e. The second kappa shape index (κ2) is 7.11. The molecule has 0 radical (unpaired) electrons. The van der Waals surface area contributed by atoms with Crippen LogP contribution in [0.5, 0.6) is 5.75 Å². The van der Waals surface area contributed by atoms with Gasteiger partial charge < -0.3 is 15.4 Å². The van der Waals surface area contributed by atoms with Gasteiger partial charge in [0.1, 0.15) is 5.75 Å². The lowest BCUT2D eigenvalue weighted by molar-refractivity contribution is 0.0916. The first-order valence-electron chi connectivity index (χ1n) is 8.53. The van der Waals surface area contributed by atoms with E-state index in [2.05, 4.69) is 15.6 Å². The number of anilines is 1. The van der Waals surface area contributed by atoms with Gasteiger partial charge >= 0.3 is 0 Å². The van der Waals surface area contributed by atoms with Crippen molar-refractivity contribution in [3.63, 3.8) is 0 Å². The van der Waals surface area contributed by atoms with Crippen molar-refractivity contribution in [2.24, 2.45) is 0 Å². The summed E-state index contributed by atoms with van der Waals surface area (Å²) in [6.45, 7) is 5.67. The molecule has 0 aliphatic carbocycles. The standard InChI is InChI=1S/C20H22N4O3/c1-20(2,3)23-18(25)16-15-7-5-6-12-24(15)17(22-16)19(26)21-13-8-10-14(27-4)11-9-13/h5-12H,1-4H3,(H,21,26)(H,23,25). The van der Waals surface area contributed by atoms with Crippen molar-refractivity contribution in [2.45, 2.75) is 26.3 Å². The van der Waals surface area contributed by atoms with E-state index in [1.165, 1.54) is 0 Å². The van der Waals surface area contributed by atoms with Gasteiger partial charge in [0, 0.05) is 17.4 Å². The van der Waals surface area contributed by atoms with E-state index in [1.807, 2.05) is 20.8 Å². The molecule has 0 unspecified atom stereocenters. The van der Waals surface area contributed by atoms with Crippen LogP contribution in [0.2, 0.25) is 0 Å². The first-order chi connectivity index (χ1) is 12.8. The molecule has 2 N–H and O–H groups in total. The Morgan fingerprint density at radius 1 is 1.04 bits per heavy atom. The van der Waals surface area contributed by atoms with Crippen molar-refractivity contribution < 1.29 is 14.3 Å². The molecule has 0 fully saturated rings. The van der Waals surface area contributed by atoms with Gasteiger partial charge in [-0.3, -0.25) is 14.0 Å². The summed E-state index contributed by atoms with van der Waals surface area (Å²) in [6, 6.07) is 12.3. The number of fused-ring (bicyclic) bond motifs is 1. The van der Waals surface area contributed by atoms with Gasteiger partial charge in [-0.25, -0.2) is 4.98 Å². The first kappa shape index (κ1) is 18.4. The molecular weight excluding hydrogens is 344 g/mol. The fourth-order valence-corrected chi connectivity index (χ4v) is 2.63. The fraction of sp³-hybridized carbons (Fsp3) is 0.250. The van der Waals surface area contributed by atoms with Crippen molar-refractivity contribution >= 4 is 23.0 Å². The van der Waals surface area contributed by atoms with E-state index in [0.717, 1.165) is 0 Å². The maximum atomic E-state index is 12.7. The second-order valence-corrected chi connectivity index (χ2v) is 7.13. The molecule has 1 aromatic carbocycles. The zero-order valence-corrected chi connectivity index (χ0v) is 15.7. The molecule has 0 spiro atoms. The fourth-order valence-electron chi connectivity index (χ4n) is 2.63. The number of aromatic nitrogens is 2. The summed E-state index contributed by atoms with van der Waals surface area (Å²) < 4.78 is 6.72. The Bertz CT molecular complexity index is 985. The molecule has 0 atom stereocenters. The minimum absolute atomic E-state index is 0.139. The van der Waals surface area contributed by atoms with E-state index >= 15 is 0 Å². The van der Waals surface area contributed by atoms with Gasteiger partial charge in [0.15, 0.2) is 5.69 Å². The average Bonchev–Trinajstić information content (AvgIpc) is 3.01. The van der Waals surface area contributed by atoms with Crippen molar-refractivity contribution in [3.05, 3.63) is 60.2 Å². The van der Waals surface area contributed by atoms with Crippen LogP contribution in [0.3, 0.4) is 0 Å². The summed E-state index contributed by atoms with van der Waals surface area (Å²) in [7, 11) is 1.58. The summed E-state index contributed by atoms with van der Waals surface area (Å²) in [5.41, 5.74) is 0.978. The van der Waals surface area contributed by atoms with Crippen LogP contribution in [0.1, 0.15) is 41.9 Å². The Morgan fingerprint density at radius 2 is 1.74 bits per heavy atom. The maximum absolute atomic E-state index is 12.7. The molecule has 0 aliphatic rings. The molecule has 0 saturated carbocycles. The molecule has 7 heteroatoms. The topological polar surface area (TPSA) is 84.7 Å². The number of hydrogen-bond donors (Lipinski definition) is 2. The molecule has 0 bridgehead atoms. The lowest BCUT2D eigenvalue weighted by Crippen LogP contribution is -2.40. The third-order valence-corrected chi connectivity index (χ3v) is 3.80. The summed E-state index contributed by atoms with van der Waals surface area (Å²) in [4.78, 5) is 29.7. The van der Waals surface area contributed by atoms with Crippen LogP contribution in [-0.2, 0) is 0 Å². The Balaban J connectivity index is 1.94. The number of benzene rings is 1. The quantitative estimate of drug-likeness (QED) is 0.743. The van der Waals surface area contributed by atoms with Crippen LogP contribution in [-0.4, -0.2) is 33.8 Å². The monoisotopic (exact) mass is 366 g/mol. The molecule has 3 rings (SSSR count). The number of rotatable bonds is 4. The Labute approximate surface area is 157 Å². The molecule has 2 amide bonds. The highest BCUT2D eigenvalue weighted by Crippen LogP contribution is 2.18. The Kier molecular flexibility index (Phi) is 4.85. The SMILES string of the molecule is COc1ccc(NC(=O)c2nc(C(=O)NC(C)(C)C)c3ccccn23)cc1. The number of methoxy groups -OCH3 is 1. The number of nitrogens with zero attached hydrogens (tertiary/aromatic N) is 2. The van der Waals surface area contributed by atoms with E-state index in [1.54, 1.807) is 60.2 Å². The van der Waals surface area contributed by atoms with Gasteiger partial charge in [0.25, 0.3) is 11.8 Å². The molecular formula is C20H22N4O3. The number of pyridine rings is 1. The third-order valence-electron chi connectivity index (χ3n) is 3.80. The molecule has 0 aliphatic heterocycles. The number of amides is 2. The summed E-state index contributed by atoms with van der Waals surface area (Å²) >= 11 is 0. The van der Waals surface area contributed by atoms with E-state index < -0.39 is 11.4 Å². The van der Waals surface area contributed by atoms with Crippen molar-refractivity contribution in [2.75, 3.05) is 12.4 Å². The molecule has 0 saturated heterocycles. The number of carbonyl (C=O) groups is 2. The second-order valence-electron chi connectivity index (χ2n) is 7.13. The van der Waals surface area contributed by atoms with Gasteiger partial charge in [0.2, 0.25) is 5.82 Å². The lowest BCUT2D eigenvalue weighted by Gasteiger charge is -2.19. The molecule has 27 heavy (non-hydrogen) atoms. The number of ether oxygens (including phenoxy) is 1. The van der Waals surface area contributed by atoms with Crippen molar-refractivity contribution in [1.29, 1.82) is 0 Å².